The normalized spacial score (nSPS) is 13.5. The van der Waals surface area contributed by atoms with Crippen molar-refractivity contribution in [2.24, 2.45) is 0 Å². The van der Waals surface area contributed by atoms with Gasteiger partial charge in [0.15, 0.2) is 5.82 Å². The first-order valence-electron chi connectivity index (χ1n) is 10.3. The number of carbonyl (C=O) groups excluding carboxylic acids is 1. The van der Waals surface area contributed by atoms with Gasteiger partial charge >= 0.3 is 0 Å². The summed E-state index contributed by atoms with van der Waals surface area (Å²) in [5.74, 6) is 1.12. The molecule has 4 aromatic rings. The van der Waals surface area contributed by atoms with Crippen LogP contribution in [0.4, 0.5) is 5.69 Å². The summed E-state index contributed by atoms with van der Waals surface area (Å²) in [5, 5.41) is 7.73. The minimum absolute atomic E-state index is 0.0935. The van der Waals surface area contributed by atoms with Crippen LogP contribution in [0.1, 0.15) is 35.7 Å². The maximum Gasteiger partial charge on any atom is 0.258 e. The third-order valence-electron chi connectivity index (χ3n) is 5.73. The molecular weight excluding hydrogens is 392 g/mol. The molecule has 31 heavy (non-hydrogen) atoms. The van der Waals surface area contributed by atoms with Gasteiger partial charge in [-0.15, -0.1) is 0 Å². The first-order valence-corrected chi connectivity index (χ1v) is 10.3. The molecule has 156 valence electrons. The lowest BCUT2D eigenvalue weighted by Gasteiger charge is -2.13. The molecule has 2 aromatic carbocycles. The molecule has 0 aliphatic heterocycles. The highest BCUT2D eigenvalue weighted by Gasteiger charge is 2.29. The molecule has 1 aliphatic rings. The van der Waals surface area contributed by atoms with Crippen LogP contribution in [0.2, 0.25) is 0 Å². The molecule has 0 radical (unpaired) electrons. The largest absolute Gasteiger partial charge is 0.334 e. The Hall–Kier alpha value is -3.74. The van der Waals surface area contributed by atoms with Crippen molar-refractivity contribution in [1.82, 2.24) is 14.7 Å². The Kier molecular flexibility index (Phi) is 4.66. The van der Waals surface area contributed by atoms with Crippen molar-refractivity contribution in [3.05, 3.63) is 75.8 Å². The number of hydrogen-bond acceptors (Lipinski definition) is 5. The molecule has 2 aromatic heterocycles. The Morgan fingerprint density at radius 1 is 1.13 bits per heavy atom. The van der Waals surface area contributed by atoms with Crippen molar-refractivity contribution in [2.45, 2.75) is 39.2 Å². The van der Waals surface area contributed by atoms with E-state index in [1.807, 2.05) is 56.3 Å². The van der Waals surface area contributed by atoms with Crippen molar-refractivity contribution in [2.75, 3.05) is 5.32 Å². The van der Waals surface area contributed by atoms with E-state index in [-0.39, 0.29) is 18.0 Å². The van der Waals surface area contributed by atoms with E-state index >= 15 is 0 Å². The number of fused-ring (bicyclic) bond motifs is 1. The summed E-state index contributed by atoms with van der Waals surface area (Å²) in [6.07, 6.45) is 2.13. The van der Waals surface area contributed by atoms with E-state index in [9.17, 15) is 9.59 Å². The van der Waals surface area contributed by atoms with Gasteiger partial charge in [-0.3, -0.25) is 14.2 Å². The average molecular weight is 414 g/mol. The Morgan fingerprint density at radius 3 is 2.71 bits per heavy atom. The lowest BCUT2D eigenvalue weighted by molar-refractivity contribution is -0.116. The Balaban J connectivity index is 1.49. The summed E-state index contributed by atoms with van der Waals surface area (Å²) in [5.41, 5.74) is 3.89. The van der Waals surface area contributed by atoms with Crippen molar-refractivity contribution in [1.29, 1.82) is 0 Å². The number of hydrogen-bond donors (Lipinski definition) is 1. The molecule has 0 bridgehead atoms. The average Bonchev–Trinajstić information content (AvgIpc) is 3.49. The van der Waals surface area contributed by atoms with E-state index < -0.39 is 0 Å². The van der Waals surface area contributed by atoms with Crippen LogP contribution >= 0.6 is 0 Å². The fourth-order valence-electron chi connectivity index (χ4n) is 3.69. The van der Waals surface area contributed by atoms with E-state index in [1.165, 1.54) is 10.6 Å². The smallest absolute Gasteiger partial charge is 0.258 e. The molecule has 7 nitrogen and oxygen atoms in total. The minimum Gasteiger partial charge on any atom is -0.334 e. The quantitative estimate of drug-likeness (QED) is 0.529. The van der Waals surface area contributed by atoms with Crippen molar-refractivity contribution < 1.29 is 9.32 Å². The summed E-state index contributed by atoms with van der Waals surface area (Å²) in [6.45, 7) is 3.92. The van der Waals surface area contributed by atoms with Gasteiger partial charge in [0.05, 0.1) is 11.1 Å². The highest BCUT2D eigenvalue weighted by atomic mass is 16.5. The molecular formula is C24H22N4O3. The standard InChI is InChI=1S/C24H22N4O3/c1-14-7-10-17(11-15(14)2)25-21(29)13-28-20-6-4-3-5-18(20)19(12-22(28)30)24-26-23(27-31-24)16-8-9-16/h3-7,10-12,16H,8-9,13H2,1-2H3,(H,25,29). The van der Waals surface area contributed by atoms with Crippen LogP contribution < -0.4 is 10.9 Å². The number of amides is 1. The number of rotatable bonds is 5. The lowest BCUT2D eigenvalue weighted by Crippen LogP contribution is -2.27. The third-order valence-corrected chi connectivity index (χ3v) is 5.73. The van der Waals surface area contributed by atoms with Crippen molar-refractivity contribution >= 4 is 22.5 Å². The maximum atomic E-state index is 13.0. The maximum absolute atomic E-state index is 13.0. The molecule has 0 spiro atoms. The van der Waals surface area contributed by atoms with E-state index in [1.54, 1.807) is 0 Å². The van der Waals surface area contributed by atoms with Gasteiger partial charge in [0.25, 0.3) is 11.4 Å². The van der Waals surface area contributed by atoms with Gasteiger partial charge < -0.3 is 9.84 Å². The monoisotopic (exact) mass is 414 g/mol. The van der Waals surface area contributed by atoms with Gasteiger partial charge in [-0.2, -0.15) is 4.98 Å². The highest BCUT2D eigenvalue weighted by Crippen LogP contribution is 2.39. The van der Waals surface area contributed by atoms with Crippen LogP contribution in [0.5, 0.6) is 0 Å². The van der Waals surface area contributed by atoms with Crippen LogP contribution in [0, 0.1) is 13.8 Å². The topological polar surface area (TPSA) is 90.0 Å². The number of aromatic nitrogens is 3. The van der Waals surface area contributed by atoms with Crippen LogP contribution in [-0.2, 0) is 11.3 Å². The minimum atomic E-state index is -0.296. The molecule has 2 heterocycles. The van der Waals surface area contributed by atoms with Gasteiger partial charge in [0, 0.05) is 23.1 Å². The number of aryl methyl sites for hydroxylation is 2. The van der Waals surface area contributed by atoms with Gasteiger partial charge in [-0.25, -0.2) is 0 Å². The zero-order chi connectivity index (χ0) is 21.5. The molecule has 1 amide bonds. The van der Waals surface area contributed by atoms with E-state index in [2.05, 4.69) is 15.5 Å². The molecule has 1 saturated carbocycles. The Labute approximate surface area is 178 Å². The number of nitrogens with one attached hydrogen (secondary N) is 1. The molecule has 1 N–H and O–H groups in total. The number of benzene rings is 2. The summed E-state index contributed by atoms with van der Waals surface area (Å²) in [4.78, 5) is 30.2. The Bertz CT molecular complexity index is 1370. The molecule has 7 heteroatoms. The summed E-state index contributed by atoms with van der Waals surface area (Å²) in [6, 6.07) is 14.6. The molecule has 5 rings (SSSR count). The van der Waals surface area contributed by atoms with E-state index in [0.29, 0.717) is 34.4 Å². The second kappa shape index (κ2) is 7.50. The summed E-state index contributed by atoms with van der Waals surface area (Å²) < 4.78 is 6.91. The third kappa shape index (κ3) is 3.74. The highest BCUT2D eigenvalue weighted by molar-refractivity contribution is 5.95. The first kappa shape index (κ1) is 19.2. The number of anilines is 1. The molecule has 1 fully saturated rings. The number of para-hydroxylation sites is 1. The Morgan fingerprint density at radius 2 is 1.94 bits per heavy atom. The number of carbonyl (C=O) groups is 1. The van der Waals surface area contributed by atoms with Gasteiger partial charge in [-0.05, 0) is 56.0 Å². The molecule has 0 saturated heterocycles. The fraction of sp³-hybridized carbons (Fsp3) is 0.250. The first-order chi connectivity index (χ1) is 15.0. The predicted octanol–water partition coefficient (Wildman–Crippen LogP) is 4.18. The predicted molar refractivity (Wildman–Crippen MR) is 118 cm³/mol. The van der Waals surface area contributed by atoms with Crippen molar-refractivity contribution in [3.8, 4) is 11.5 Å². The van der Waals surface area contributed by atoms with Crippen molar-refractivity contribution in [3.63, 3.8) is 0 Å². The van der Waals surface area contributed by atoms with Crippen LogP contribution in [0.3, 0.4) is 0 Å². The summed E-state index contributed by atoms with van der Waals surface area (Å²) >= 11 is 0. The molecule has 1 aliphatic carbocycles. The fourth-order valence-corrected chi connectivity index (χ4v) is 3.69. The second-order valence-corrected chi connectivity index (χ2v) is 8.08. The van der Waals surface area contributed by atoms with E-state index in [4.69, 9.17) is 4.52 Å². The zero-order valence-electron chi connectivity index (χ0n) is 17.4. The lowest BCUT2D eigenvalue weighted by atomic mass is 10.1. The second-order valence-electron chi connectivity index (χ2n) is 8.08. The van der Waals surface area contributed by atoms with Crippen LogP contribution in [0.15, 0.2) is 57.8 Å². The zero-order valence-corrected chi connectivity index (χ0v) is 17.4. The number of pyridine rings is 1. The number of nitrogens with zero attached hydrogens (tertiary/aromatic N) is 3. The molecule has 0 unspecified atom stereocenters. The van der Waals surface area contributed by atoms with Crippen LogP contribution in [0.25, 0.3) is 22.4 Å². The molecule has 0 atom stereocenters. The SMILES string of the molecule is Cc1ccc(NC(=O)Cn2c(=O)cc(-c3nc(C4CC4)no3)c3ccccc32)cc1C. The summed E-state index contributed by atoms with van der Waals surface area (Å²) in [7, 11) is 0. The van der Waals surface area contributed by atoms with Gasteiger partial charge in [0.1, 0.15) is 6.54 Å². The van der Waals surface area contributed by atoms with Gasteiger partial charge in [-0.1, -0.05) is 29.4 Å². The van der Waals surface area contributed by atoms with Crippen LogP contribution in [-0.4, -0.2) is 20.6 Å². The van der Waals surface area contributed by atoms with Gasteiger partial charge in [0.2, 0.25) is 5.91 Å². The van der Waals surface area contributed by atoms with E-state index in [0.717, 1.165) is 29.4 Å².